The lowest BCUT2D eigenvalue weighted by atomic mass is 9.95. The van der Waals surface area contributed by atoms with Gasteiger partial charge in [0, 0.05) is 23.8 Å². The number of hydrogen-bond acceptors (Lipinski definition) is 9. The van der Waals surface area contributed by atoms with E-state index in [9.17, 15) is 34.2 Å². The van der Waals surface area contributed by atoms with E-state index in [2.05, 4.69) is 17.6 Å². The van der Waals surface area contributed by atoms with Gasteiger partial charge in [0.15, 0.2) is 0 Å². The van der Waals surface area contributed by atoms with Gasteiger partial charge in [-0.05, 0) is 56.4 Å². The fraction of sp³-hybridized carbons (Fsp3) is 0.700. The molecule has 14 heteroatoms. The van der Waals surface area contributed by atoms with Gasteiger partial charge in [-0.3, -0.25) is 24.0 Å². The first-order valence-corrected chi connectivity index (χ1v) is 16.2. The van der Waals surface area contributed by atoms with Crippen LogP contribution in [0.1, 0.15) is 84.0 Å². The minimum absolute atomic E-state index is 0.0608. The van der Waals surface area contributed by atoms with Gasteiger partial charge >= 0.3 is 17.9 Å². The summed E-state index contributed by atoms with van der Waals surface area (Å²) in [4.78, 5) is 58.1. The molecule has 0 aliphatic heterocycles. The Hall–Kier alpha value is -2.94. The Kier molecular flexibility index (Phi) is 19.3. The Balaban J connectivity index is 3.03. The molecule has 2 amide bonds. The van der Waals surface area contributed by atoms with Crippen molar-refractivity contribution in [2.45, 2.75) is 114 Å². The van der Waals surface area contributed by atoms with Crippen LogP contribution in [0.3, 0.4) is 0 Å². The van der Waals surface area contributed by atoms with Gasteiger partial charge < -0.3 is 41.9 Å². The van der Waals surface area contributed by atoms with Crippen molar-refractivity contribution >= 4 is 41.5 Å². The van der Waals surface area contributed by atoms with E-state index >= 15 is 0 Å². The second-order valence-electron chi connectivity index (χ2n) is 11.0. The van der Waals surface area contributed by atoms with Crippen molar-refractivity contribution in [2.75, 3.05) is 12.3 Å². The Morgan fingerprint density at radius 1 is 1.02 bits per heavy atom. The predicted molar refractivity (Wildman–Crippen MR) is 166 cm³/mol. The first-order chi connectivity index (χ1) is 20.8. The van der Waals surface area contributed by atoms with Gasteiger partial charge in [0.1, 0.15) is 18.6 Å². The number of thioether (sulfide) groups is 1. The number of amides is 2. The Bertz CT molecular complexity index is 1010. The molecule has 0 aromatic carbocycles. The summed E-state index contributed by atoms with van der Waals surface area (Å²) in [5, 5.41) is 52.8. The van der Waals surface area contributed by atoms with E-state index in [-0.39, 0.29) is 36.2 Å². The van der Waals surface area contributed by atoms with Crippen LogP contribution in [0.2, 0.25) is 0 Å². The van der Waals surface area contributed by atoms with E-state index < -0.39 is 60.6 Å². The molecule has 13 nitrogen and oxygen atoms in total. The minimum atomic E-state index is -1.26. The average Bonchev–Trinajstić information content (AvgIpc) is 3.26. The van der Waals surface area contributed by atoms with E-state index in [4.69, 9.17) is 21.1 Å². The number of unbranched alkanes of at least 4 members (excludes halogenated alkanes) is 3. The SMILES string of the molecule is CCCCC[C@H](O)C/C=C1/C(O)CC(SC[C@H](NC(=O)CC[C@@H](N)C(=O)O)C(=O)NCC(=O)O)[C@H]1C/C=C\CCCC(=O)O. The molecule has 0 saturated heterocycles. The minimum Gasteiger partial charge on any atom is -0.481 e. The molecule has 1 saturated carbocycles. The van der Waals surface area contributed by atoms with Crippen molar-refractivity contribution < 1.29 is 49.5 Å². The highest BCUT2D eigenvalue weighted by Gasteiger charge is 2.38. The van der Waals surface area contributed by atoms with E-state index in [1.54, 1.807) is 0 Å². The molecule has 1 fully saturated rings. The van der Waals surface area contributed by atoms with Crippen LogP contribution in [-0.4, -0.2) is 97.1 Å². The number of allylic oxidation sites excluding steroid dienone is 2. The molecule has 0 bridgehead atoms. The smallest absolute Gasteiger partial charge is 0.322 e. The molecule has 1 rings (SSSR count). The van der Waals surface area contributed by atoms with Crippen molar-refractivity contribution in [1.82, 2.24) is 10.6 Å². The van der Waals surface area contributed by atoms with Crippen molar-refractivity contribution in [3.63, 3.8) is 0 Å². The fourth-order valence-electron chi connectivity index (χ4n) is 4.86. The summed E-state index contributed by atoms with van der Waals surface area (Å²) in [6.07, 6.45) is 10.1. The van der Waals surface area contributed by atoms with E-state index in [1.807, 2.05) is 18.2 Å². The summed E-state index contributed by atoms with van der Waals surface area (Å²) < 4.78 is 0. The van der Waals surface area contributed by atoms with Crippen LogP contribution in [0.25, 0.3) is 0 Å². The maximum Gasteiger partial charge on any atom is 0.322 e. The van der Waals surface area contributed by atoms with E-state index in [0.717, 1.165) is 24.8 Å². The van der Waals surface area contributed by atoms with Gasteiger partial charge in [0.2, 0.25) is 11.8 Å². The first kappa shape index (κ1) is 39.1. The Morgan fingerprint density at radius 3 is 2.39 bits per heavy atom. The zero-order chi connectivity index (χ0) is 33.1. The highest BCUT2D eigenvalue weighted by atomic mass is 32.2. The second kappa shape index (κ2) is 21.7. The molecular formula is C30H49N3O10S. The third-order valence-corrected chi connectivity index (χ3v) is 8.82. The van der Waals surface area contributed by atoms with Crippen molar-refractivity contribution in [3.05, 3.63) is 23.8 Å². The quantitative estimate of drug-likeness (QED) is 0.0588. The summed E-state index contributed by atoms with van der Waals surface area (Å²) in [7, 11) is 0. The van der Waals surface area contributed by atoms with Gasteiger partial charge in [-0.2, -0.15) is 11.8 Å². The summed E-state index contributed by atoms with van der Waals surface area (Å²) >= 11 is 1.35. The maximum absolute atomic E-state index is 12.8. The zero-order valence-corrected chi connectivity index (χ0v) is 26.2. The summed E-state index contributed by atoms with van der Waals surface area (Å²) in [5.74, 6) is -4.80. The zero-order valence-electron chi connectivity index (χ0n) is 25.4. The van der Waals surface area contributed by atoms with Crippen molar-refractivity contribution in [1.29, 1.82) is 0 Å². The number of carbonyl (C=O) groups excluding carboxylic acids is 2. The molecule has 0 heterocycles. The highest BCUT2D eigenvalue weighted by molar-refractivity contribution is 8.00. The summed E-state index contributed by atoms with van der Waals surface area (Å²) in [6.45, 7) is 1.44. The van der Waals surface area contributed by atoms with Crippen molar-refractivity contribution in [3.8, 4) is 0 Å². The van der Waals surface area contributed by atoms with Crippen LogP contribution in [0.15, 0.2) is 23.8 Å². The lowest BCUT2D eigenvalue weighted by Crippen LogP contribution is -2.49. The van der Waals surface area contributed by atoms with E-state index in [1.165, 1.54) is 11.8 Å². The van der Waals surface area contributed by atoms with Gasteiger partial charge in [-0.1, -0.05) is 44.4 Å². The third kappa shape index (κ3) is 16.2. The lowest BCUT2D eigenvalue weighted by Gasteiger charge is -2.23. The van der Waals surface area contributed by atoms with Gasteiger partial charge in [-0.15, -0.1) is 0 Å². The second-order valence-corrected chi connectivity index (χ2v) is 12.3. The summed E-state index contributed by atoms with van der Waals surface area (Å²) in [5.41, 5.74) is 6.25. The molecule has 0 spiro atoms. The highest BCUT2D eigenvalue weighted by Crippen LogP contribution is 2.42. The molecule has 2 unspecified atom stereocenters. The number of carboxylic acid groups (broad SMARTS) is 3. The molecular weight excluding hydrogens is 594 g/mol. The molecule has 1 aliphatic carbocycles. The molecule has 44 heavy (non-hydrogen) atoms. The van der Waals surface area contributed by atoms with Crippen molar-refractivity contribution in [2.24, 2.45) is 11.7 Å². The Morgan fingerprint density at radius 2 is 1.75 bits per heavy atom. The van der Waals surface area contributed by atoms with E-state index in [0.29, 0.717) is 38.5 Å². The van der Waals surface area contributed by atoms with Crippen LogP contribution in [0, 0.1) is 5.92 Å². The molecule has 1 aliphatic rings. The first-order valence-electron chi connectivity index (χ1n) is 15.2. The number of nitrogens with one attached hydrogen (secondary N) is 2. The predicted octanol–water partition coefficient (Wildman–Crippen LogP) is 1.81. The molecule has 0 aromatic rings. The molecule has 250 valence electrons. The van der Waals surface area contributed by atoms with Crippen LogP contribution in [-0.2, 0) is 24.0 Å². The molecule has 0 radical (unpaired) electrons. The molecule has 6 atom stereocenters. The molecule has 0 aromatic heterocycles. The van der Waals surface area contributed by atoms with Crippen LogP contribution >= 0.6 is 11.8 Å². The normalized spacial score (nSPS) is 21.2. The molecule has 9 N–H and O–H groups in total. The number of carboxylic acids is 3. The topological polar surface area (TPSA) is 237 Å². The summed E-state index contributed by atoms with van der Waals surface area (Å²) in [6, 6.07) is -2.37. The lowest BCUT2D eigenvalue weighted by molar-refractivity contribution is -0.139. The Labute approximate surface area is 262 Å². The monoisotopic (exact) mass is 643 g/mol. The van der Waals surface area contributed by atoms with Gasteiger partial charge in [-0.25, -0.2) is 0 Å². The number of aliphatic hydroxyl groups excluding tert-OH is 2. The van der Waals surface area contributed by atoms with Gasteiger partial charge in [0.05, 0.1) is 12.2 Å². The number of aliphatic carboxylic acids is 3. The number of carbonyl (C=O) groups is 5. The maximum atomic E-state index is 12.8. The van der Waals surface area contributed by atoms with Crippen LogP contribution in [0.5, 0.6) is 0 Å². The fourth-order valence-corrected chi connectivity index (χ4v) is 6.35. The number of nitrogens with two attached hydrogens (primary N) is 1. The van der Waals surface area contributed by atoms with Crippen LogP contribution < -0.4 is 16.4 Å². The number of rotatable bonds is 23. The number of hydrogen-bond donors (Lipinski definition) is 8. The number of aliphatic hydroxyl groups is 2. The van der Waals surface area contributed by atoms with Crippen LogP contribution in [0.4, 0.5) is 0 Å². The third-order valence-electron chi connectivity index (χ3n) is 7.34. The standard InChI is InChI=1S/C30H49N3O10S/c1-2-3-6-9-19(34)12-13-20-21(10-7-4-5-8-11-27(37)38)25(16-24(20)35)44-18-23(29(41)32-17-28(39)40)33-26(36)15-14-22(31)30(42)43/h4,7,13,19,21-25,34-35H,2-3,5-6,8-12,14-18,31H2,1H3,(H,32,41)(H,33,36)(H,37,38)(H,39,40)(H,42,43)/b7-4-,20-13+/t19-,21-,22+,23-,24?,25?/m0/s1. The largest absolute Gasteiger partial charge is 0.481 e. The van der Waals surface area contributed by atoms with Gasteiger partial charge in [0.25, 0.3) is 0 Å². The average molecular weight is 644 g/mol.